The van der Waals surface area contributed by atoms with Gasteiger partial charge in [-0.05, 0) is 261 Å². The van der Waals surface area contributed by atoms with Crippen molar-refractivity contribution in [1.82, 2.24) is 30.9 Å². The van der Waals surface area contributed by atoms with Crippen molar-refractivity contribution in [2.45, 2.75) is 155 Å². The summed E-state index contributed by atoms with van der Waals surface area (Å²) < 4.78 is 73.0. The summed E-state index contributed by atoms with van der Waals surface area (Å²) in [5.74, 6) is 1.89. The number of allylic oxidation sites excluding steroid dienone is 3. The molecule has 108 heavy (non-hydrogen) atoms. The number of hydrogen-bond donors (Lipinski definition) is 3. The number of nitrogens with zero attached hydrogens (tertiary/aromatic N) is 3. The molecule has 9 fully saturated rings. The van der Waals surface area contributed by atoms with Crippen molar-refractivity contribution in [3.8, 4) is 33.4 Å². The fraction of sp³-hybridized carbons (Fsp3) is 0.483. The van der Waals surface area contributed by atoms with E-state index in [4.69, 9.17) is 28.4 Å². The number of alkyl carbamates (subject to hydrolysis) is 3. The Bertz CT molecular complexity index is 3830. The fourth-order valence-electron chi connectivity index (χ4n) is 19.9. The van der Waals surface area contributed by atoms with Gasteiger partial charge in [0.2, 0.25) is 0 Å². The van der Waals surface area contributed by atoms with Gasteiger partial charge in [0.15, 0.2) is 0 Å². The molecule has 0 radical (unpaired) electrons. The maximum atomic E-state index is 13.6. The van der Waals surface area contributed by atoms with Crippen molar-refractivity contribution in [3.63, 3.8) is 0 Å². The van der Waals surface area contributed by atoms with Crippen molar-refractivity contribution >= 4 is 54.4 Å². The lowest BCUT2D eigenvalue weighted by molar-refractivity contribution is -0.145. The molecule has 3 N–H and O–H groups in total. The SMILES string of the molecule is CCOC(=O)N[C@@H]1CC[C@@H]2[C@@H](C1)C[C@H]1C(=O)O[C@H](C)[C@@H]1[C@@H]2/C=C/c1ccc(-c2cccc(F)c2)cn1.CCOC(=O)N[C@@H]1CC[C@H]2[C@@H](C1)C[C@H]1C(=O)O[C@H](C)[C@H]1[C@H]2/C=C/c1ccc(-c2cccc(F)c2)cn1.CCOC(=O)N[C@@H]1CC[C@H]2[C@H](C1)C[C@@H]1C(=O)O[C@@H](C)[C@H]1[C@H]2/C=C/c1ccc(-c2cccc(F)c2)cn1. The second-order valence-electron chi connectivity index (χ2n) is 30.8. The molecule has 3 saturated heterocycles. The lowest BCUT2D eigenvalue weighted by Gasteiger charge is -2.47. The Balaban J connectivity index is 0.000000143. The van der Waals surface area contributed by atoms with Crippen LogP contribution in [-0.4, -0.2) is 107 Å². The quantitative estimate of drug-likeness (QED) is 0.0641. The Morgan fingerprint density at radius 3 is 0.944 bits per heavy atom. The number of halogens is 3. The normalized spacial score (nSPS) is 31.4. The summed E-state index contributed by atoms with van der Waals surface area (Å²) in [6.07, 6.45) is 27.2. The first-order chi connectivity index (χ1) is 52.3. The zero-order chi connectivity index (χ0) is 75.7. The third kappa shape index (κ3) is 17.9. The molecule has 15 rings (SSSR count). The smallest absolute Gasteiger partial charge is 0.407 e. The number of fused-ring (bicyclic) bond motifs is 6. The first kappa shape index (κ1) is 76.5. The Labute approximate surface area is 630 Å². The second-order valence-corrected chi connectivity index (χ2v) is 30.8. The van der Waals surface area contributed by atoms with E-state index in [0.29, 0.717) is 55.3 Å². The Hall–Kier alpha value is -9.66. The monoisotopic (exact) mass is 1480 g/mol. The number of nitrogens with one attached hydrogen (secondary N) is 3. The van der Waals surface area contributed by atoms with Gasteiger partial charge in [-0.2, -0.15) is 0 Å². The molecule has 18 nitrogen and oxygen atoms in total. The highest BCUT2D eigenvalue weighted by molar-refractivity contribution is 5.78. The summed E-state index contributed by atoms with van der Waals surface area (Å²) in [7, 11) is 0. The van der Waals surface area contributed by atoms with Gasteiger partial charge in [-0.3, -0.25) is 29.3 Å². The van der Waals surface area contributed by atoms with Gasteiger partial charge in [-0.1, -0.05) is 72.8 Å². The number of hydrogen-bond acceptors (Lipinski definition) is 15. The number of aromatic nitrogens is 3. The van der Waals surface area contributed by atoms with Crippen molar-refractivity contribution in [3.05, 3.63) is 181 Å². The molecule has 21 heteroatoms. The van der Waals surface area contributed by atoms with Crippen LogP contribution in [0.15, 0.2) is 146 Å². The molecule has 9 aliphatic rings. The number of benzene rings is 3. The molecule has 6 heterocycles. The van der Waals surface area contributed by atoms with Gasteiger partial charge in [-0.15, -0.1) is 0 Å². The van der Waals surface area contributed by atoms with Crippen LogP contribution in [-0.2, 0) is 42.8 Å². The molecule has 0 unspecified atom stereocenters. The van der Waals surface area contributed by atoms with E-state index < -0.39 is 0 Å². The average Bonchev–Trinajstić information content (AvgIpc) is 1.54. The zero-order valence-corrected chi connectivity index (χ0v) is 62.2. The number of ether oxygens (including phenoxy) is 6. The van der Waals surface area contributed by atoms with Gasteiger partial charge in [0.1, 0.15) is 35.8 Å². The molecule has 0 spiro atoms. The van der Waals surface area contributed by atoms with Gasteiger partial charge >= 0.3 is 36.2 Å². The van der Waals surface area contributed by atoms with Gasteiger partial charge in [0.05, 0.1) is 54.7 Å². The number of cyclic esters (lactones) is 3. The molecule has 21 atom stereocenters. The lowest BCUT2D eigenvalue weighted by atomic mass is 9.57. The number of carbonyl (C=O) groups excluding carboxylic acids is 6. The average molecular weight is 1480 g/mol. The lowest BCUT2D eigenvalue weighted by Crippen LogP contribution is -2.48. The molecular weight excluding hydrogens is 1380 g/mol. The third-order valence-electron chi connectivity index (χ3n) is 24.5. The van der Waals surface area contributed by atoms with Crippen molar-refractivity contribution in [2.24, 2.45) is 88.8 Å². The molecule has 3 aromatic heterocycles. The molecule has 570 valence electrons. The Morgan fingerprint density at radius 1 is 0.407 bits per heavy atom. The van der Waals surface area contributed by atoms with Crippen LogP contribution in [0.2, 0.25) is 0 Å². The molecule has 3 aromatic carbocycles. The number of pyridine rings is 3. The Kier molecular flexibility index (Phi) is 24.6. The maximum absolute atomic E-state index is 13.6. The summed E-state index contributed by atoms with van der Waals surface area (Å²) in [5, 5.41) is 9.00. The second kappa shape index (κ2) is 34.7. The van der Waals surface area contributed by atoms with Crippen LogP contribution in [0.1, 0.15) is 136 Å². The predicted molar refractivity (Wildman–Crippen MR) is 402 cm³/mol. The molecule has 0 bridgehead atoms. The van der Waals surface area contributed by atoms with Crippen LogP contribution < -0.4 is 16.0 Å². The highest BCUT2D eigenvalue weighted by Crippen LogP contribution is 2.57. The fourth-order valence-corrected chi connectivity index (χ4v) is 19.9. The molecule has 3 amide bonds. The summed E-state index contributed by atoms with van der Waals surface area (Å²) >= 11 is 0. The highest BCUT2D eigenvalue weighted by Gasteiger charge is 2.58. The van der Waals surface area contributed by atoms with E-state index in [9.17, 15) is 41.9 Å². The van der Waals surface area contributed by atoms with Crippen LogP contribution >= 0.6 is 0 Å². The largest absolute Gasteiger partial charge is 0.462 e. The molecule has 6 aromatic rings. The van der Waals surface area contributed by atoms with Crippen molar-refractivity contribution in [2.75, 3.05) is 19.8 Å². The minimum Gasteiger partial charge on any atom is -0.462 e. The number of carbonyl (C=O) groups is 6. The number of rotatable bonds is 15. The first-order valence-corrected chi connectivity index (χ1v) is 38.9. The Morgan fingerprint density at radius 2 is 0.694 bits per heavy atom. The van der Waals surface area contributed by atoms with Crippen LogP contribution in [0.5, 0.6) is 0 Å². The van der Waals surface area contributed by atoms with Gasteiger partial charge < -0.3 is 44.4 Å². The summed E-state index contributed by atoms with van der Waals surface area (Å²) in [5.41, 5.74) is 7.43. The van der Waals surface area contributed by atoms with E-state index in [1.807, 2.05) is 93.6 Å². The van der Waals surface area contributed by atoms with E-state index >= 15 is 0 Å². The van der Waals surface area contributed by atoms with Gasteiger partial charge in [0.25, 0.3) is 0 Å². The van der Waals surface area contributed by atoms with E-state index in [2.05, 4.69) is 49.1 Å². The van der Waals surface area contributed by atoms with Gasteiger partial charge in [-0.25, -0.2) is 27.6 Å². The van der Waals surface area contributed by atoms with E-state index in [1.165, 1.54) is 36.4 Å². The standard InChI is InChI=1S/3C29H33FN2O4/c3*1-3-35-29(34)32-23-10-11-24-20(14-23)15-26-27(17(2)36-28(26)33)25(24)12-9-22-8-7-19(16-31-22)18-5-4-6-21(30)13-18/h3*4-9,12-13,16-17,20,23-27H,3,10-11,14-15H2,1-2H3,(H,32,34)/b3*12-9+/t17-,20+,23+,24-,25-,26-,27-;17-,20+,23-,24+,25+,26-,27+;17-,20+,23-,24-,25-,26-,27-/m011/s1. The van der Waals surface area contributed by atoms with Gasteiger partial charge in [0, 0.05) is 71.2 Å². The third-order valence-corrected chi connectivity index (χ3v) is 24.5. The van der Waals surface area contributed by atoms with Crippen LogP contribution in [0.4, 0.5) is 27.6 Å². The minimum absolute atomic E-state index is 0.0679. The predicted octanol–water partition coefficient (Wildman–Crippen LogP) is 16.9. The molecular formula is C87H99F3N6O12. The van der Waals surface area contributed by atoms with Crippen molar-refractivity contribution < 1.29 is 70.4 Å². The van der Waals surface area contributed by atoms with Crippen LogP contribution in [0.3, 0.4) is 0 Å². The summed E-state index contributed by atoms with van der Waals surface area (Å²) in [4.78, 5) is 87.7. The first-order valence-electron chi connectivity index (χ1n) is 38.9. The summed E-state index contributed by atoms with van der Waals surface area (Å²) in [6, 6.07) is 31.3. The summed E-state index contributed by atoms with van der Waals surface area (Å²) in [6.45, 7) is 12.5. The van der Waals surface area contributed by atoms with Crippen LogP contribution in [0.25, 0.3) is 51.6 Å². The number of esters is 3. The molecule has 3 aliphatic heterocycles. The zero-order valence-electron chi connectivity index (χ0n) is 62.2. The van der Waals surface area contributed by atoms with Crippen LogP contribution in [0, 0.1) is 106 Å². The topological polar surface area (TPSA) is 233 Å². The molecule has 6 saturated carbocycles. The number of amides is 3. The van der Waals surface area contributed by atoms with Crippen molar-refractivity contribution in [1.29, 1.82) is 0 Å². The molecule has 6 aliphatic carbocycles. The minimum atomic E-state index is -0.368. The van der Waals surface area contributed by atoms with E-state index in [0.717, 1.165) is 128 Å². The maximum Gasteiger partial charge on any atom is 0.407 e. The van der Waals surface area contributed by atoms with E-state index in [1.54, 1.807) is 57.6 Å². The van der Waals surface area contributed by atoms with E-state index in [-0.39, 0.29) is 143 Å². The highest BCUT2D eigenvalue weighted by atomic mass is 19.1.